The first-order valence-corrected chi connectivity index (χ1v) is 8.14. The van der Waals surface area contributed by atoms with Crippen molar-refractivity contribution < 1.29 is 18.4 Å². The molecule has 0 saturated carbocycles. The average Bonchev–Trinajstić information content (AvgIpc) is 2.67. The van der Waals surface area contributed by atoms with Crippen LogP contribution in [0.25, 0.3) is 0 Å². The Morgan fingerprint density at radius 2 is 1.27 bits per heavy atom. The molecule has 0 spiro atoms. The zero-order chi connectivity index (χ0) is 18.5. The number of hydrogen-bond acceptors (Lipinski definition) is 2. The molecular formula is C20H16F2N2O2. The van der Waals surface area contributed by atoms with Gasteiger partial charge >= 0.3 is 0 Å². The standard InChI is InChI=1S/C20H16F2N2O2/c21-17-6-1-15(2-7-17)3-10-19(25)23-11-13-24(14-12-23)20(26)16-4-8-18(22)9-5-16/h1-2,4-9H,11-14H2. The molecule has 6 heteroatoms. The number of hydrogen-bond donors (Lipinski definition) is 0. The van der Waals surface area contributed by atoms with Gasteiger partial charge in [-0.15, -0.1) is 0 Å². The van der Waals surface area contributed by atoms with Crippen LogP contribution in [0.4, 0.5) is 8.78 Å². The summed E-state index contributed by atoms with van der Waals surface area (Å²) in [5.41, 5.74) is 0.979. The smallest absolute Gasteiger partial charge is 0.298 e. The van der Waals surface area contributed by atoms with Gasteiger partial charge in [0.1, 0.15) is 11.6 Å². The molecule has 0 unspecified atom stereocenters. The van der Waals surface area contributed by atoms with Gasteiger partial charge in [0.15, 0.2) is 0 Å². The maximum absolute atomic E-state index is 12.9. The lowest BCUT2D eigenvalue weighted by atomic mass is 10.1. The number of amides is 2. The van der Waals surface area contributed by atoms with Crippen LogP contribution in [0.3, 0.4) is 0 Å². The monoisotopic (exact) mass is 354 g/mol. The third-order valence-corrected chi connectivity index (χ3v) is 4.10. The van der Waals surface area contributed by atoms with Crippen molar-refractivity contribution in [3.63, 3.8) is 0 Å². The van der Waals surface area contributed by atoms with Crippen LogP contribution in [0.2, 0.25) is 0 Å². The zero-order valence-electron chi connectivity index (χ0n) is 13.9. The van der Waals surface area contributed by atoms with Crippen molar-refractivity contribution in [2.75, 3.05) is 26.2 Å². The summed E-state index contributed by atoms with van der Waals surface area (Å²) in [7, 11) is 0. The van der Waals surface area contributed by atoms with E-state index in [0.717, 1.165) is 0 Å². The number of carbonyl (C=O) groups is 2. The predicted molar refractivity (Wildman–Crippen MR) is 92.2 cm³/mol. The quantitative estimate of drug-likeness (QED) is 0.738. The molecule has 0 aromatic heterocycles. The van der Waals surface area contributed by atoms with Gasteiger partial charge in [-0.25, -0.2) is 8.78 Å². The third-order valence-electron chi connectivity index (χ3n) is 4.10. The first kappa shape index (κ1) is 17.6. The van der Waals surface area contributed by atoms with E-state index in [0.29, 0.717) is 37.3 Å². The van der Waals surface area contributed by atoms with Crippen LogP contribution in [-0.4, -0.2) is 47.8 Å². The minimum atomic E-state index is -0.392. The number of piperazine rings is 1. The summed E-state index contributed by atoms with van der Waals surface area (Å²) < 4.78 is 25.8. The minimum absolute atomic E-state index is 0.186. The van der Waals surface area contributed by atoms with Crippen LogP contribution in [0.15, 0.2) is 48.5 Å². The third kappa shape index (κ3) is 4.25. The molecule has 1 saturated heterocycles. The highest BCUT2D eigenvalue weighted by atomic mass is 19.1. The van der Waals surface area contributed by atoms with Gasteiger partial charge in [-0.1, -0.05) is 5.92 Å². The Morgan fingerprint density at radius 3 is 1.85 bits per heavy atom. The van der Waals surface area contributed by atoms with Gasteiger partial charge in [-0.2, -0.15) is 0 Å². The van der Waals surface area contributed by atoms with E-state index in [9.17, 15) is 18.4 Å². The van der Waals surface area contributed by atoms with Crippen LogP contribution in [0.1, 0.15) is 15.9 Å². The summed E-state index contributed by atoms with van der Waals surface area (Å²) in [6.45, 7) is 1.54. The van der Waals surface area contributed by atoms with E-state index in [1.807, 2.05) is 0 Å². The van der Waals surface area contributed by atoms with Gasteiger partial charge in [0, 0.05) is 43.2 Å². The van der Waals surface area contributed by atoms with Crippen LogP contribution in [-0.2, 0) is 4.79 Å². The second-order valence-corrected chi connectivity index (χ2v) is 5.85. The predicted octanol–water partition coefficient (Wildman–Crippen LogP) is 2.30. The summed E-state index contributed by atoms with van der Waals surface area (Å²) in [5, 5.41) is 0. The van der Waals surface area contributed by atoms with Crippen LogP contribution >= 0.6 is 0 Å². The molecule has 0 atom stereocenters. The van der Waals surface area contributed by atoms with Crippen LogP contribution < -0.4 is 0 Å². The number of halogens is 2. The lowest BCUT2D eigenvalue weighted by molar-refractivity contribution is -0.126. The molecule has 2 aromatic carbocycles. The molecule has 26 heavy (non-hydrogen) atoms. The summed E-state index contributed by atoms with van der Waals surface area (Å²) >= 11 is 0. The van der Waals surface area contributed by atoms with E-state index in [-0.39, 0.29) is 17.6 Å². The molecule has 1 aliphatic rings. The molecule has 1 fully saturated rings. The van der Waals surface area contributed by atoms with Crippen molar-refractivity contribution in [3.8, 4) is 11.8 Å². The molecule has 1 heterocycles. The van der Waals surface area contributed by atoms with Crippen molar-refractivity contribution in [3.05, 3.63) is 71.3 Å². The molecule has 3 rings (SSSR count). The Bertz CT molecular complexity index is 859. The fraction of sp³-hybridized carbons (Fsp3) is 0.200. The summed E-state index contributed by atoms with van der Waals surface area (Å²) in [6, 6.07) is 11.0. The summed E-state index contributed by atoms with van der Waals surface area (Å²) in [4.78, 5) is 27.7. The molecule has 2 aromatic rings. The lowest BCUT2D eigenvalue weighted by Crippen LogP contribution is -2.50. The number of nitrogens with zero attached hydrogens (tertiary/aromatic N) is 2. The van der Waals surface area contributed by atoms with Crippen molar-refractivity contribution in [2.24, 2.45) is 0 Å². The van der Waals surface area contributed by atoms with Crippen molar-refractivity contribution in [1.29, 1.82) is 0 Å². The Labute approximate surface area is 150 Å². The average molecular weight is 354 g/mol. The van der Waals surface area contributed by atoms with Gasteiger partial charge < -0.3 is 9.80 Å². The van der Waals surface area contributed by atoms with Gasteiger partial charge in [-0.05, 0) is 48.5 Å². The van der Waals surface area contributed by atoms with Crippen LogP contribution in [0.5, 0.6) is 0 Å². The minimum Gasteiger partial charge on any atom is -0.335 e. The molecular weight excluding hydrogens is 338 g/mol. The van der Waals surface area contributed by atoms with E-state index in [4.69, 9.17) is 0 Å². The lowest BCUT2D eigenvalue weighted by Gasteiger charge is -2.33. The van der Waals surface area contributed by atoms with Gasteiger partial charge in [0.25, 0.3) is 11.8 Å². The van der Waals surface area contributed by atoms with Gasteiger partial charge in [0.05, 0.1) is 0 Å². The summed E-state index contributed by atoms with van der Waals surface area (Å²) in [6.07, 6.45) is 0. The Balaban J connectivity index is 1.56. The number of benzene rings is 2. The largest absolute Gasteiger partial charge is 0.335 e. The summed E-state index contributed by atoms with van der Waals surface area (Å²) in [5.74, 6) is 3.98. The molecule has 0 bridgehead atoms. The Hall–Kier alpha value is -3.20. The van der Waals surface area contributed by atoms with E-state index in [1.165, 1.54) is 48.5 Å². The van der Waals surface area contributed by atoms with E-state index in [2.05, 4.69) is 11.8 Å². The second kappa shape index (κ2) is 7.79. The van der Waals surface area contributed by atoms with E-state index >= 15 is 0 Å². The maximum atomic E-state index is 12.9. The zero-order valence-corrected chi connectivity index (χ0v) is 13.9. The molecule has 0 N–H and O–H groups in total. The second-order valence-electron chi connectivity index (χ2n) is 5.85. The van der Waals surface area contributed by atoms with Crippen molar-refractivity contribution in [2.45, 2.75) is 0 Å². The number of carbonyl (C=O) groups excluding carboxylic acids is 2. The first-order chi connectivity index (χ1) is 12.5. The van der Waals surface area contributed by atoms with Crippen molar-refractivity contribution in [1.82, 2.24) is 9.80 Å². The van der Waals surface area contributed by atoms with Crippen molar-refractivity contribution >= 4 is 11.8 Å². The highest BCUT2D eigenvalue weighted by Gasteiger charge is 2.24. The topological polar surface area (TPSA) is 40.6 Å². The molecule has 0 aliphatic carbocycles. The Morgan fingerprint density at radius 1 is 0.769 bits per heavy atom. The number of rotatable bonds is 1. The molecule has 0 radical (unpaired) electrons. The molecule has 4 nitrogen and oxygen atoms in total. The Kier molecular flexibility index (Phi) is 5.28. The van der Waals surface area contributed by atoms with Gasteiger partial charge in [-0.3, -0.25) is 9.59 Å². The highest BCUT2D eigenvalue weighted by molar-refractivity contribution is 5.95. The maximum Gasteiger partial charge on any atom is 0.298 e. The molecule has 132 valence electrons. The van der Waals surface area contributed by atoms with Gasteiger partial charge in [0.2, 0.25) is 0 Å². The van der Waals surface area contributed by atoms with Crippen LogP contribution in [0, 0.1) is 23.5 Å². The first-order valence-electron chi connectivity index (χ1n) is 8.14. The van der Waals surface area contributed by atoms with E-state index < -0.39 is 5.82 Å². The molecule has 2 amide bonds. The molecule has 1 aliphatic heterocycles. The SMILES string of the molecule is O=C(C#Cc1ccc(F)cc1)N1CCN(C(=O)c2ccc(F)cc2)CC1. The fourth-order valence-electron chi connectivity index (χ4n) is 2.63. The highest BCUT2D eigenvalue weighted by Crippen LogP contribution is 2.10. The normalized spacial score (nSPS) is 13.8. The fourth-order valence-corrected chi connectivity index (χ4v) is 2.63. The van der Waals surface area contributed by atoms with E-state index in [1.54, 1.807) is 9.80 Å².